The normalized spacial score (nSPS) is 11.8. The SMILES string of the molecule is COc1ccc(NC(C)c2ccc(F)cc2)c(OC)c1. The lowest BCUT2D eigenvalue weighted by Crippen LogP contribution is -2.07. The van der Waals surface area contributed by atoms with Crippen LogP contribution in [0.3, 0.4) is 0 Å². The second-order valence-corrected chi connectivity index (χ2v) is 4.48. The average Bonchev–Trinajstić information content (AvgIpc) is 2.48. The first kappa shape index (κ1) is 14.2. The van der Waals surface area contributed by atoms with Crippen molar-refractivity contribution in [3.8, 4) is 11.5 Å². The number of rotatable bonds is 5. The molecule has 0 aliphatic heterocycles. The maximum absolute atomic E-state index is 12.9. The van der Waals surface area contributed by atoms with E-state index in [4.69, 9.17) is 9.47 Å². The molecule has 0 bridgehead atoms. The van der Waals surface area contributed by atoms with Gasteiger partial charge in [-0.15, -0.1) is 0 Å². The van der Waals surface area contributed by atoms with Crippen LogP contribution < -0.4 is 14.8 Å². The van der Waals surface area contributed by atoms with Gasteiger partial charge in [0, 0.05) is 12.1 Å². The van der Waals surface area contributed by atoms with E-state index in [1.807, 2.05) is 25.1 Å². The summed E-state index contributed by atoms with van der Waals surface area (Å²) in [5, 5.41) is 3.35. The Morgan fingerprint density at radius 2 is 1.70 bits per heavy atom. The molecule has 0 heterocycles. The van der Waals surface area contributed by atoms with Crippen LogP contribution in [-0.4, -0.2) is 14.2 Å². The summed E-state index contributed by atoms with van der Waals surface area (Å²) in [6.07, 6.45) is 0. The van der Waals surface area contributed by atoms with E-state index in [0.717, 1.165) is 17.0 Å². The lowest BCUT2D eigenvalue weighted by molar-refractivity contribution is 0.395. The van der Waals surface area contributed by atoms with Gasteiger partial charge >= 0.3 is 0 Å². The molecule has 0 aliphatic carbocycles. The first-order valence-corrected chi connectivity index (χ1v) is 6.38. The molecule has 0 aromatic heterocycles. The van der Waals surface area contributed by atoms with Gasteiger partial charge in [-0.2, -0.15) is 0 Å². The van der Waals surface area contributed by atoms with Gasteiger partial charge in [0.15, 0.2) is 0 Å². The van der Waals surface area contributed by atoms with Gasteiger partial charge in [0.1, 0.15) is 17.3 Å². The second-order valence-electron chi connectivity index (χ2n) is 4.48. The Balaban J connectivity index is 2.18. The minimum Gasteiger partial charge on any atom is -0.497 e. The zero-order chi connectivity index (χ0) is 14.5. The summed E-state index contributed by atoms with van der Waals surface area (Å²) in [5.74, 6) is 1.21. The Morgan fingerprint density at radius 3 is 2.30 bits per heavy atom. The van der Waals surface area contributed by atoms with Crippen LogP contribution in [0, 0.1) is 5.82 Å². The highest BCUT2D eigenvalue weighted by atomic mass is 19.1. The highest BCUT2D eigenvalue weighted by Crippen LogP contribution is 2.31. The van der Waals surface area contributed by atoms with E-state index in [1.54, 1.807) is 26.4 Å². The monoisotopic (exact) mass is 275 g/mol. The first-order chi connectivity index (χ1) is 9.63. The molecule has 0 spiro atoms. The summed E-state index contributed by atoms with van der Waals surface area (Å²) < 4.78 is 23.4. The van der Waals surface area contributed by atoms with Gasteiger partial charge in [-0.1, -0.05) is 12.1 Å². The molecular formula is C16H18FNO2. The van der Waals surface area contributed by atoms with E-state index in [2.05, 4.69) is 5.32 Å². The van der Waals surface area contributed by atoms with Crippen molar-refractivity contribution >= 4 is 5.69 Å². The largest absolute Gasteiger partial charge is 0.497 e. The molecule has 1 unspecified atom stereocenters. The predicted octanol–water partition coefficient (Wildman–Crippen LogP) is 4.02. The Bertz CT molecular complexity index is 569. The highest BCUT2D eigenvalue weighted by Gasteiger charge is 2.10. The molecule has 20 heavy (non-hydrogen) atoms. The molecule has 0 radical (unpaired) electrons. The molecule has 2 aromatic carbocycles. The highest BCUT2D eigenvalue weighted by molar-refractivity contribution is 5.60. The van der Waals surface area contributed by atoms with Crippen molar-refractivity contribution in [2.75, 3.05) is 19.5 Å². The van der Waals surface area contributed by atoms with Crippen molar-refractivity contribution in [2.24, 2.45) is 0 Å². The molecule has 2 aromatic rings. The standard InChI is InChI=1S/C16H18FNO2/c1-11(12-4-6-13(17)7-5-12)18-15-9-8-14(19-2)10-16(15)20-3/h4-11,18H,1-3H3. The number of anilines is 1. The third-order valence-corrected chi connectivity index (χ3v) is 3.15. The minimum absolute atomic E-state index is 0.0397. The quantitative estimate of drug-likeness (QED) is 0.894. The summed E-state index contributed by atoms with van der Waals surface area (Å²) in [5.41, 5.74) is 1.87. The second kappa shape index (κ2) is 6.28. The number of hydrogen-bond donors (Lipinski definition) is 1. The van der Waals surface area contributed by atoms with Crippen LogP contribution in [-0.2, 0) is 0 Å². The molecule has 1 N–H and O–H groups in total. The summed E-state index contributed by atoms with van der Waals surface area (Å²) in [4.78, 5) is 0. The van der Waals surface area contributed by atoms with Gasteiger partial charge in [-0.25, -0.2) is 4.39 Å². The molecule has 4 heteroatoms. The Labute approximate surface area is 118 Å². The fourth-order valence-corrected chi connectivity index (χ4v) is 1.99. The number of ether oxygens (including phenoxy) is 2. The Kier molecular flexibility index (Phi) is 4.45. The van der Waals surface area contributed by atoms with Crippen LogP contribution >= 0.6 is 0 Å². The molecule has 0 fully saturated rings. The molecule has 0 saturated carbocycles. The summed E-state index contributed by atoms with van der Waals surface area (Å²) in [6.45, 7) is 2.01. The van der Waals surface area contributed by atoms with Gasteiger partial charge in [0.05, 0.1) is 19.9 Å². The number of benzene rings is 2. The lowest BCUT2D eigenvalue weighted by Gasteiger charge is -2.18. The maximum Gasteiger partial charge on any atom is 0.145 e. The van der Waals surface area contributed by atoms with Crippen LogP contribution in [0.25, 0.3) is 0 Å². The molecule has 0 saturated heterocycles. The topological polar surface area (TPSA) is 30.5 Å². The number of halogens is 1. The summed E-state index contributed by atoms with van der Waals surface area (Å²) in [7, 11) is 3.23. The van der Waals surface area contributed by atoms with E-state index in [-0.39, 0.29) is 11.9 Å². The average molecular weight is 275 g/mol. The van der Waals surface area contributed by atoms with E-state index in [1.165, 1.54) is 12.1 Å². The van der Waals surface area contributed by atoms with E-state index in [0.29, 0.717) is 5.75 Å². The molecule has 2 rings (SSSR count). The minimum atomic E-state index is -0.233. The fourth-order valence-electron chi connectivity index (χ4n) is 1.99. The van der Waals surface area contributed by atoms with Crippen molar-refractivity contribution in [2.45, 2.75) is 13.0 Å². The van der Waals surface area contributed by atoms with Gasteiger partial charge in [0.25, 0.3) is 0 Å². The summed E-state index contributed by atoms with van der Waals surface area (Å²) in [6, 6.07) is 12.1. The van der Waals surface area contributed by atoms with Crippen molar-refractivity contribution < 1.29 is 13.9 Å². The Hall–Kier alpha value is -2.23. The van der Waals surface area contributed by atoms with E-state index >= 15 is 0 Å². The zero-order valence-corrected chi connectivity index (χ0v) is 11.8. The number of nitrogens with one attached hydrogen (secondary N) is 1. The van der Waals surface area contributed by atoms with Crippen molar-refractivity contribution in [3.05, 3.63) is 53.8 Å². The lowest BCUT2D eigenvalue weighted by atomic mass is 10.1. The van der Waals surface area contributed by atoms with Crippen molar-refractivity contribution in [1.82, 2.24) is 0 Å². The van der Waals surface area contributed by atoms with E-state index in [9.17, 15) is 4.39 Å². The van der Waals surface area contributed by atoms with Crippen molar-refractivity contribution in [1.29, 1.82) is 0 Å². The number of hydrogen-bond acceptors (Lipinski definition) is 3. The fraction of sp³-hybridized carbons (Fsp3) is 0.250. The van der Waals surface area contributed by atoms with Gasteiger partial charge < -0.3 is 14.8 Å². The maximum atomic E-state index is 12.9. The van der Waals surface area contributed by atoms with Gasteiger partial charge in [0.2, 0.25) is 0 Å². The van der Waals surface area contributed by atoms with Crippen LogP contribution in [0.4, 0.5) is 10.1 Å². The molecule has 0 amide bonds. The van der Waals surface area contributed by atoms with Crippen LogP contribution in [0.1, 0.15) is 18.5 Å². The molecule has 3 nitrogen and oxygen atoms in total. The van der Waals surface area contributed by atoms with Crippen LogP contribution in [0.2, 0.25) is 0 Å². The van der Waals surface area contributed by atoms with E-state index < -0.39 is 0 Å². The third kappa shape index (κ3) is 3.20. The van der Waals surface area contributed by atoms with Crippen molar-refractivity contribution in [3.63, 3.8) is 0 Å². The molecule has 0 aliphatic rings. The Morgan fingerprint density at radius 1 is 1.00 bits per heavy atom. The number of methoxy groups -OCH3 is 2. The third-order valence-electron chi connectivity index (χ3n) is 3.15. The summed E-state index contributed by atoms with van der Waals surface area (Å²) >= 11 is 0. The molecule has 106 valence electrons. The first-order valence-electron chi connectivity index (χ1n) is 6.38. The van der Waals surface area contributed by atoms with Crippen LogP contribution in [0.5, 0.6) is 11.5 Å². The van der Waals surface area contributed by atoms with Gasteiger partial charge in [-0.3, -0.25) is 0 Å². The predicted molar refractivity (Wildman–Crippen MR) is 78.0 cm³/mol. The smallest absolute Gasteiger partial charge is 0.145 e. The molecule has 1 atom stereocenters. The van der Waals surface area contributed by atoms with Crippen LogP contribution in [0.15, 0.2) is 42.5 Å². The zero-order valence-electron chi connectivity index (χ0n) is 11.8. The molecular weight excluding hydrogens is 257 g/mol. The van der Waals surface area contributed by atoms with Gasteiger partial charge in [-0.05, 0) is 36.8 Å².